The largest absolute Gasteiger partial charge is 0.351 e. The van der Waals surface area contributed by atoms with Crippen LogP contribution in [0.3, 0.4) is 0 Å². The van der Waals surface area contributed by atoms with Crippen molar-refractivity contribution in [3.05, 3.63) is 12.2 Å². The third-order valence-corrected chi connectivity index (χ3v) is 7.63. The molecule has 0 spiro atoms. The minimum Gasteiger partial charge on any atom is -0.311 e. The molecule has 0 saturated carbocycles. The van der Waals surface area contributed by atoms with E-state index in [0.717, 1.165) is 10.6 Å². The van der Waals surface area contributed by atoms with Crippen molar-refractivity contribution >= 4 is 35.2 Å². The van der Waals surface area contributed by atoms with Crippen LogP contribution < -0.4 is 0 Å². The topological polar surface area (TPSA) is 82.1 Å². The summed E-state index contributed by atoms with van der Waals surface area (Å²) in [6.07, 6.45) is 0.961. The maximum atomic E-state index is 12.9. The lowest BCUT2D eigenvalue weighted by Crippen LogP contribution is -2.39. The van der Waals surface area contributed by atoms with Crippen LogP contribution in [0.15, 0.2) is 12.2 Å². The normalized spacial score (nSPS) is 15.5. The second kappa shape index (κ2) is 10.5. The van der Waals surface area contributed by atoms with Crippen LogP contribution in [0.25, 0.3) is 0 Å². The van der Waals surface area contributed by atoms with E-state index in [1.165, 1.54) is 28.4 Å². The summed E-state index contributed by atoms with van der Waals surface area (Å²) in [7, 11) is 1.62. The molecule has 0 aromatic rings. The highest BCUT2D eigenvalue weighted by Gasteiger charge is 2.43. The Morgan fingerprint density at radius 2 is 1.75 bits per heavy atom. The summed E-state index contributed by atoms with van der Waals surface area (Å²) in [6, 6.07) is 0. The van der Waals surface area contributed by atoms with E-state index in [0.29, 0.717) is 12.8 Å². The molecule has 1 amide bonds. The standard InChI is InChI=1S/C15H27BrNO6P/c1-10(2)8-9-12(11(3)15(19)17(4)21-5)13(18)14(16)24(20,22-6)23-7/h11-12,14H,1,8-9H2,2-7H3/t11-,12+,14?/m0/s1. The molecule has 0 aromatic carbocycles. The van der Waals surface area contributed by atoms with Gasteiger partial charge in [0.25, 0.3) is 0 Å². The number of hydrogen-bond donors (Lipinski definition) is 0. The van der Waals surface area contributed by atoms with Gasteiger partial charge in [0.1, 0.15) is 0 Å². The van der Waals surface area contributed by atoms with Crippen LogP contribution in [0.5, 0.6) is 0 Å². The summed E-state index contributed by atoms with van der Waals surface area (Å²) in [6.45, 7) is 7.31. The van der Waals surface area contributed by atoms with E-state index >= 15 is 0 Å². The van der Waals surface area contributed by atoms with Gasteiger partial charge in [-0.25, -0.2) is 5.06 Å². The van der Waals surface area contributed by atoms with E-state index in [9.17, 15) is 14.2 Å². The number of nitrogens with zero attached hydrogens (tertiary/aromatic N) is 1. The fourth-order valence-electron chi connectivity index (χ4n) is 2.18. The molecule has 1 unspecified atom stereocenters. The number of carbonyl (C=O) groups is 2. The summed E-state index contributed by atoms with van der Waals surface area (Å²) in [5.74, 6) is -2.10. The zero-order chi connectivity index (χ0) is 19.1. The van der Waals surface area contributed by atoms with Crippen LogP contribution in [-0.4, -0.2) is 49.7 Å². The molecule has 7 nitrogen and oxygen atoms in total. The predicted molar refractivity (Wildman–Crippen MR) is 95.8 cm³/mol. The molecule has 0 saturated heterocycles. The zero-order valence-electron chi connectivity index (χ0n) is 15.1. The van der Waals surface area contributed by atoms with Gasteiger partial charge in [0.05, 0.1) is 7.11 Å². The maximum absolute atomic E-state index is 12.9. The molecule has 0 N–H and O–H groups in total. The number of Topliss-reactive ketones (excluding diaryl/α,β-unsaturated/α-hetero) is 1. The van der Waals surface area contributed by atoms with Crippen LogP contribution in [0.4, 0.5) is 0 Å². The van der Waals surface area contributed by atoms with Crippen molar-refractivity contribution in [2.24, 2.45) is 11.8 Å². The summed E-state index contributed by atoms with van der Waals surface area (Å²) >= 11 is 3.12. The van der Waals surface area contributed by atoms with Crippen LogP contribution in [0, 0.1) is 11.8 Å². The predicted octanol–water partition coefficient (Wildman–Crippen LogP) is 3.39. The Kier molecular flexibility index (Phi) is 10.2. The molecular formula is C15H27BrNO6P. The Morgan fingerprint density at radius 1 is 1.25 bits per heavy atom. The average Bonchev–Trinajstić information content (AvgIpc) is 2.58. The molecule has 0 aliphatic heterocycles. The maximum Gasteiger partial charge on any atom is 0.351 e. The minimum atomic E-state index is -3.64. The van der Waals surface area contributed by atoms with Crippen molar-refractivity contribution in [2.45, 2.75) is 31.3 Å². The third kappa shape index (κ3) is 6.08. The number of carbonyl (C=O) groups excluding carboxylic acids is 2. The molecule has 0 aliphatic carbocycles. The van der Waals surface area contributed by atoms with Crippen molar-refractivity contribution in [3.63, 3.8) is 0 Å². The fraction of sp³-hybridized carbons (Fsp3) is 0.733. The summed E-state index contributed by atoms with van der Waals surface area (Å²) in [4.78, 5) is 30.1. The van der Waals surface area contributed by atoms with Crippen LogP contribution in [0.2, 0.25) is 0 Å². The molecule has 140 valence electrons. The number of amides is 1. The molecule has 0 heterocycles. The Hall–Kier alpha value is -0.530. The van der Waals surface area contributed by atoms with Gasteiger partial charge in [0.2, 0.25) is 5.91 Å². The number of ketones is 1. The van der Waals surface area contributed by atoms with Crippen molar-refractivity contribution in [3.8, 4) is 0 Å². The molecule has 3 atom stereocenters. The molecule has 0 bridgehead atoms. The molecule has 0 aliphatic rings. The smallest absolute Gasteiger partial charge is 0.311 e. The summed E-state index contributed by atoms with van der Waals surface area (Å²) in [5.41, 5.74) is 0.889. The number of hydrogen-bond acceptors (Lipinski definition) is 6. The Morgan fingerprint density at radius 3 is 2.12 bits per heavy atom. The lowest BCUT2D eigenvalue weighted by molar-refractivity contribution is -0.175. The van der Waals surface area contributed by atoms with Gasteiger partial charge in [-0.15, -0.1) is 6.58 Å². The highest BCUT2D eigenvalue weighted by molar-refractivity contribution is 9.11. The lowest BCUT2D eigenvalue weighted by Gasteiger charge is -2.28. The molecule has 0 radical (unpaired) electrons. The SMILES string of the molecule is C=C(C)CC[C@@H](C(=O)C(Br)P(=O)(OC)OC)[C@H](C)C(=O)N(C)OC. The van der Waals surface area contributed by atoms with Crippen molar-refractivity contribution in [1.29, 1.82) is 0 Å². The minimum absolute atomic E-state index is 0.345. The van der Waals surface area contributed by atoms with Gasteiger partial charge in [-0.2, -0.15) is 0 Å². The van der Waals surface area contributed by atoms with Gasteiger partial charge >= 0.3 is 7.60 Å². The van der Waals surface area contributed by atoms with Gasteiger partial charge in [0, 0.05) is 33.1 Å². The summed E-state index contributed by atoms with van der Waals surface area (Å²) < 4.78 is 21.1. The number of alkyl halides is 1. The van der Waals surface area contributed by atoms with Crippen molar-refractivity contribution < 1.29 is 28.0 Å². The number of allylic oxidation sites excluding steroid dienone is 1. The highest BCUT2D eigenvalue weighted by Crippen LogP contribution is 2.55. The van der Waals surface area contributed by atoms with E-state index < -0.39 is 29.8 Å². The molecule has 0 aromatic heterocycles. The van der Waals surface area contributed by atoms with E-state index in [4.69, 9.17) is 13.9 Å². The van der Waals surface area contributed by atoms with Crippen molar-refractivity contribution in [2.75, 3.05) is 28.4 Å². The molecular weight excluding hydrogens is 401 g/mol. The van der Waals surface area contributed by atoms with Gasteiger partial charge < -0.3 is 9.05 Å². The number of rotatable bonds is 11. The monoisotopic (exact) mass is 427 g/mol. The van der Waals surface area contributed by atoms with Crippen LogP contribution in [0.1, 0.15) is 26.7 Å². The first-order valence-electron chi connectivity index (χ1n) is 7.40. The molecule has 24 heavy (non-hydrogen) atoms. The van der Waals surface area contributed by atoms with Gasteiger partial charge in [-0.3, -0.25) is 19.0 Å². The number of halogens is 1. The second-order valence-corrected chi connectivity index (χ2v) is 9.50. The summed E-state index contributed by atoms with van der Waals surface area (Å²) in [5, 5.41) is 1.07. The Balaban J connectivity index is 5.54. The van der Waals surface area contributed by atoms with Gasteiger partial charge in [-0.1, -0.05) is 28.4 Å². The quantitative estimate of drug-likeness (QED) is 0.217. The highest BCUT2D eigenvalue weighted by atomic mass is 79.9. The van der Waals surface area contributed by atoms with E-state index in [1.807, 2.05) is 6.92 Å². The molecule has 0 fully saturated rings. The van der Waals surface area contributed by atoms with Gasteiger partial charge in [0.15, 0.2) is 10.4 Å². The first kappa shape index (κ1) is 23.5. The second-order valence-electron chi connectivity index (χ2n) is 5.55. The first-order valence-corrected chi connectivity index (χ1v) is 9.93. The molecule has 9 heteroatoms. The lowest BCUT2D eigenvalue weighted by atomic mass is 9.85. The fourth-order valence-corrected chi connectivity index (χ4v) is 4.55. The third-order valence-electron chi connectivity index (χ3n) is 3.85. The first-order chi connectivity index (χ1) is 11.0. The average molecular weight is 428 g/mol. The van der Waals surface area contributed by atoms with Crippen LogP contribution in [-0.2, 0) is 28.0 Å². The van der Waals surface area contributed by atoms with Crippen molar-refractivity contribution in [1.82, 2.24) is 5.06 Å². The Labute approximate surface area is 152 Å². The van der Waals surface area contributed by atoms with E-state index in [-0.39, 0.29) is 5.91 Å². The van der Waals surface area contributed by atoms with Gasteiger partial charge in [-0.05, 0) is 19.8 Å². The van der Waals surface area contributed by atoms with E-state index in [2.05, 4.69) is 22.5 Å². The molecule has 0 rings (SSSR count). The zero-order valence-corrected chi connectivity index (χ0v) is 17.6. The Bertz CT molecular complexity index is 504. The number of hydroxylamine groups is 2. The van der Waals surface area contributed by atoms with Crippen LogP contribution >= 0.6 is 23.5 Å². The van der Waals surface area contributed by atoms with E-state index in [1.54, 1.807) is 6.92 Å².